The summed E-state index contributed by atoms with van der Waals surface area (Å²) in [6.45, 7) is 0. The number of hydrogen-bond donors (Lipinski definition) is 0. The van der Waals surface area contributed by atoms with E-state index in [-0.39, 0.29) is 15.8 Å². The van der Waals surface area contributed by atoms with Gasteiger partial charge in [-0.25, -0.2) is 4.79 Å². The van der Waals surface area contributed by atoms with Crippen LogP contribution in [0.4, 0.5) is 0 Å². The van der Waals surface area contributed by atoms with E-state index >= 15 is 0 Å². The summed E-state index contributed by atoms with van der Waals surface area (Å²) >= 11 is 6.71. The number of esters is 1. The molecule has 0 fully saturated rings. The Morgan fingerprint density at radius 1 is 1.53 bits per heavy atom. The maximum atomic E-state index is 11.4. The molecule has 1 aromatic heterocycles. The predicted molar refractivity (Wildman–Crippen MR) is 69.7 cm³/mol. The Bertz CT molecular complexity index is 663. The van der Waals surface area contributed by atoms with Crippen LogP contribution in [0.1, 0.15) is 15.9 Å². The number of carbonyl (C=O) groups excluding carboxylic acids is 1. The van der Waals surface area contributed by atoms with Crippen LogP contribution in [0.5, 0.6) is 10.8 Å². The molecule has 96 valence electrons. The van der Waals surface area contributed by atoms with Gasteiger partial charge in [-0.05, 0) is 18.2 Å². The summed E-state index contributed by atoms with van der Waals surface area (Å²) in [5, 5.41) is 9.32. The maximum absolute atomic E-state index is 11.4. The predicted octanol–water partition coefficient (Wildman–Crippen LogP) is 3.25. The molecule has 0 saturated heterocycles. The van der Waals surface area contributed by atoms with Gasteiger partial charge < -0.3 is 9.47 Å². The number of benzene rings is 1. The minimum Gasteiger partial charge on any atom is -0.465 e. The third-order valence-electron chi connectivity index (χ3n) is 2.20. The van der Waals surface area contributed by atoms with Crippen molar-refractivity contribution in [2.24, 2.45) is 0 Å². The molecule has 0 bridgehead atoms. The van der Waals surface area contributed by atoms with Crippen molar-refractivity contribution in [2.45, 2.75) is 0 Å². The molecule has 0 aliphatic carbocycles. The molecular formula is C12H7ClN2O3S. The molecule has 0 atom stereocenters. The van der Waals surface area contributed by atoms with E-state index in [2.05, 4.69) is 9.11 Å². The van der Waals surface area contributed by atoms with Crippen LogP contribution in [0.15, 0.2) is 24.3 Å². The number of methoxy groups -OCH3 is 1. The molecule has 0 amide bonds. The summed E-state index contributed by atoms with van der Waals surface area (Å²) in [6, 6.07) is 8.33. The number of hydrogen-bond acceptors (Lipinski definition) is 6. The smallest absolute Gasteiger partial charge is 0.337 e. The number of nitriles is 1. The first-order valence-corrected chi connectivity index (χ1v) is 6.22. The first kappa shape index (κ1) is 13.3. The lowest BCUT2D eigenvalue weighted by Gasteiger charge is -2.04. The molecule has 0 unspecified atom stereocenters. The van der Waals surface area contributed by atoms with Crippen LogP contribution in [-0.2, 0) is 4.74 Å². The van der Waals surface area contributed by atoms with Gasteiger partial charge in [0.15, 0.2) is 5.15 Å². The highest BCUT2D eigenvalue weighted by atomic mass is 35.5. The van der Waals surface area contributed by atoms with Gasteiger partial charge in [0, 0.05) is 11.5 Å². The first-order valence-electron chi connectivity index (χ1n) is 5.07. The third kappa shape index (κ3) is 2.84. The molecule has 2 rings (SSSR count). The molecule has 0 aliphatic heterocycles. The van der Waals surface area contributed by atoms with Crippen LogP contribution in [-0.4, -0.2) is 17.5 Å². The second-order valence-corrected chi connectivity index (χ2v) is 4.46. The largest absolute Gasteiger partial charge is 0.465 e. The van der Waals surface area contributed by atoms with Crippen molar-refractivity contribution in [1.82, 2.24) is 4.37 Å². The number of rotatable bonds is 3. The highest BCUT2D eigenvalue weighted by Crippen LogP contribution is 2.33. The van der Waals surface area contributed by atoms with E-state index in [4.69, 9.17) is 21.6 Å². The third-order valence-corrected chi connectivity index (χ3v) is 3.30. The standard InChI is InChI=1S/C12H7ClN2O3S/c1-17-11(16)7-3-2-4-8(5-7)18-12-9(6-14)10(13)15-19-12/h2-5H,1H3. The Labute approximate surface area is 118 Å². The van der Waals surface area contributed by atoms with E-state index in [9.17, 15) is 4.79 Å². The molecule has 1 aromatic carbocycles. The minimum absolute atomic E-state index is 0.103. The fourth-order valence-corrected chi connectivity index (χ4v) is 2.24. The Kier molecular flexibility index (Phi) is 4.00. The Morgan fingerprint density at radius 3 is 3.00 bits per heavy atom. The van der Waals surface area contributed by atoms with Crippen LogP contribution < -0.4 is 4.74 Å². The lowest BCUT2D eigenvalue weighted by molar-refractivity contribution is 0.0600. The van der Waals surface area contributed by atoms with Crippen molar-refractivity contribution in [2.75, 3.05) is 7.11 Å². The molecule has 0 N–H and O–H groups in total. The summed E-state index contributed by atoms with van der Waals surface area (Å²) in [4.78, 5) is 11.4. The molecule has 7 heteroatoms. The van der Waals surface area contributed by atoms with E-state index in [0.29, 0.717) is 11.3 Å². The van der Waals surface area contributed by atoms with Gasteiger partial charge in [-0.15, -0.1) is 0 Å². The van der Waals surface area contributed by atoms with Crippen LogP contribution >= 0.6 is 23.1 Å². The molecular weight excluding hydrogens is 288 g/mol. The van der Waals surface area contributed by atoms with Crippen molar-refractivity contribution < 1.29 is 14.3 Å². The van der Waals surface area contributed by atoms with Crippen molar-refractivity contribution in [3.8, 4) is 16.9 Å². The summed E-state index contributed by atoms with van der Waals surface area (Å²) in [6.07, 6.45) is 0. The highest BCUT2D eigenvalue weighted by Gasteiger charge is 2.14. The quantitative estimate of drug-likeness (QED) is 0.813. The molecule has 0 aliphatic rings. The molecule has 1 heterocycles. The van der Waals surface area contributed by atoms with Gasteiger partial charge in [0.1, 0.15) is 17.4 Å². The molecule has 2 aromatic rings. The number of carbonyl (C=O) groups is 1. The van der Waals surface area contributed by atoms with Gasteiger partial charge in [0.2, 0.25) is 5.06 Å². The summed E-state index contributed by atoms with van der Waals surface area (Å²) in [5.74, 6) is -0.0620. The Balaban J connectivity index is 2.29. The second-order valence-electron chi connectivity index (χ2n) is 3.37. The first-order chi connectivity index (χ1) is 9.15. The van der Waals surface area contributed by atoms with Gasteiger partial charge in [-0.3, -0.25) is 0 Å². The van der Waals surface area contributed by atoms with E-state index in [1.165, 1.54) is 13.2 Å². The topological polar surface area (TPSA) is 72.2 Å². The van der Waals surface area contributed by atoms with Crippen molar-refractivity contribution in [3.05, 3.63) is 40.5 Å². The van der Waals surface area contributed by atoms with E-state index in [1.807, 2.05) is 6.07 Å². The van der Waals surface area contributed by atoms with E-state index in [0.717, 1.165) is 11.5 Å². The number of nitrogens with zero attached hydrogens (tertiary/aromatic N) is 2. The van der Waals surface area contributed by atoms with Gasteiger partial charge in [-0.1, -0.05) is 17.7 Å². The Hall–Kier alpha value is -2.10. The number of aromatic nitrogens is 1. The van der Waals surface area contributed by atoms with Crippen LogP contribution in [0.25, 0.3) is 0 Å². The number of ether oxygens (including phenoxy) is 2. The van der Waals surface area contributed by atoms with Crippen LogP contribution in [0.2, 0.25) is 5.15 Å². The zero-order chi connectivity index (χ0) is 13.8. The SMILES string of the molecule is COC(=O)c1cccc(Oc2snc(Cl)c2C#N)c1. The van der Waals surface area contributed by atoms with Gasteiger partial charge in [0.05, 0.1) is 12.7 Å². The summed E-state index contributed by atoms with van der Waals surface area (Å²) < 4.78 is 13.9. The van der Waals surface area contributed by atoms with Crippen molar-refractivity contribution >= 4 is 29.1 Å². The van der Waals surface area contributed by atoms with Crippen LogP contribution in [0, 0.1) is 11.3 Å². The fourth-order valence-electron chi connectivity index (χ4n) is 1.33. The summed E-state index contributed by atoms with van der Waals surface area (Å²) in [7, 11) is 1.30. The van der Waals surface area contributed by atoms with Gasteiger partial charge >= 0.3 is 5.97 Å². The number of halogens is 1. The molecule has 0 spiro atoms. The summed E-state index contributed by atoms with van der Waals surface area (Å²) in [5.41, 5.74) is 0.532. The van der Waals surface area contributed by atoms with Gasteiger partial charge in [-0.2, -0.15) is 9.64 Å². The second kappa shape index (κ2) is 5.69. The monoisotopic (exact) mass is 294 g/mol. The average Bonchev–Trinajstić information content (AvgIpc) is 2.78. The minimum atomic E-state index is -0.465. The van der Waals surface area contributed by atoms with Crippen molar-refractivity contribution in [1.29, 1.82) is 5.26 Å². The maximum Gasteiger partial charge on any atom is 0.337 e. The molecule has 0 saturated carbocycles. The Morgan fingerprint density at radius 2 is 2.32 bits per heavy atom. The van der Waals surface area contributed by atoms with Crippen LogP contribution in [0.3, 0.4) is 0 Å². The zero-order valence-electron chi connectivity index (χ0n) is 9.71. The van der Waals surface area contributed by atoms with E-state index < -0.39 is 5.97 Å². The van der Waals surface area contributed by atoms with E-state index in [1.54, 1.807) is 18.2 Å². The highest BCUT2D eigenvalue weighted by molar-refractivity contribution is 7.08. The normalized spacial score (nSPS) is 9.74. The lowest BCUT2D eigenvalue weighted by Crippen LogP contribution is -2.00. The zero-order valence-corrected chi connectivity index (χ0v) is 11.3. The van der Waals surface area contributed by atoms with Crippen molar-refractivity contribution in [3.63, 3.8) is 0 Å². The van der Waals surface area contributed by atoms with Gasteiger partial charge in [0.25, 0.3) is 0 Å². The average molecular weight is 295 g/mol. The molecule has 19 heavy (non-hydrogen) atoms. The molecule has 0 radical (unpaired) electrons. The lowest BCUT2D eigenvalue weighted by atomic mass is 10.2. The molecule has 5 nitrogen and oxygen atoms in total. The fraction of sp³-hybridized carbons (Fsp3) is 0.0833.